The molecule has 0 saturated heterocycles. The van der Waals surface area contributed by atoms with Crippen LogP contribution in [0, 0.1) is 6.92 Å². The van der Waals surface area contributed by atoms with Crippen LogP contribution in [-0.2, 0) is 6.42 Å². The van der Waals surface area contributed by atoms with Gasteiger partial charge in [0.2, 0.25) is 0 Å². The molecule has 1 aromatic carbocycles. The van der Waals surface area contributed by atoms with Gasteiger partial charge in [-0.2, -0.15) is 0 Å². The molecule has 0 saturated carbocycles. The van der Waals surface area contributed by atoms with Crippen LogP contribution in [0.1, 0.15) is 10.7 Å². The van der Waals surface area contributed by atoms with Crippen molar-refractivity contribution in [1.29, 1.82) is 0 Å². The third kappa shape index (κ3) is 3.84. The molecule has 3 nitrogen and oxygen atoms in total. The van der Waals surface area contributed by atoms with Gasteiger partial charge in [0.1, 0.15) is 12.4 Å². The number of thiazole rings is 1. The van der Waals surface area contributed by atoms with Crippen molar-refractivity contribution in [3.05, 3.63) is 46.4 Å². The molecule has 0 fully saturated rings. The van der Waals surface area contributed by atoms with Gasteiger partial charge in [-0.05, 0) is 19.1 Å². The summed E-state index contributed by atoms with van der Waals surface area (Å²) < 4.78 is 5.60. The Hall–Kier alpha value is -1.39. The average Bonchev–Trinajstić information content (AvgIpc) is 2.73. The van der Waals surface area contributed by atoms with Gasteiger partial charge in [-0.3, -0.25) is 0 Å². The molecule has 0 amide bonds. The third-order valence-electron chi connectivity index (χ3n) is 2.35. The molecule has 0 radical (unpaired) electrons. The van der Waals surface area contributed by atoms with E-state index in [4.69, 9.17) is 10.5 Å². The van der Waals surface area contributed by atoms with Crippen LogP contribution in [0.3, 0.4) is 0 Å². The Balaban J connectivity index is 1.80. The Bertz CT molecular complexity index is 455. The fraction of sp³-hybridized carbons (Fsp3) is 0.308. The van der Waals surface area contributed by atoms with Crippen LogP contribution in [0.25, 0.3) is 0 Å². The number of benzene rings is 1. The summed E-state index contributed by atoms with van der Waals surface area (Å²) in [7, 11) is 0. The summed E-state index contributed by atoms with van der Waals surface area (Å²) in [6.45, 7) is 2.51. The summed E-state index contributed by atoms with van der Waals surface area (Å²) in [5, 5.41) is 3.13. The van der Waals surface area contributed by atoms with E-state index >= 15 is 0 Å². The van der Waals surface area contributed by atoms with Gasteiger partial charge in [0, 0.05) is 17.8 Å². The zero-order valence-electron chi connectivity index (χ0n) is 9.80. The fourth-order valence-electron chi connectivity index (χ4n) is 1.55. The largest absolute Gasteiger partial charge is 0.492 e. The van der Waals surface area contributed by atoms with Crippen molar-refractivity contribution in [2.24, 2.45) is 5.73 Å². The minimum Gasteiger partial charge on any atom is -0.492 e. The Kier molecular flexibility index (Phi) is 4.12. The van der Waals surface area contributed by atoms with Crippen molar-refractivity contribution >= 4 is 11.3 Å². The molecule has 0 aliphatic carbocycles. The number of aromatic nitrogens is 1. The highest BCUT2D eigenvalue weighted by atomic mass is 32.1. The van der Waals surface area contributed by atoms with Crippen LogP contribution in [0.2, 0.25) is 0 Å². The van der Waals surface area contributed by atoms with E-state index in [1.807, 2.05) is 37.3 Å². The third-order valence-corrected chi connectivity index (χ3v) is 3.17. The lowest BCUT2D eigenvalue weighted by atomic mass is 10.2. The number of para-hydroxylation sites is 1. The lowest BCUT2D eigenvalue weighted by molar-refractivity contribution is 0.287. The second-order valence-electron chi connectivity index (χ2n) is 3.95. The van der Waals surface area contributed by atoms with Gasteiger partial charge in [-0.1, -0.05) is 18.2 Å². The molecule has 0 aliphatic rings. The van der Waals surface area contributed by atoms with E-state index < -0.39 is 0 Å². The molecule has 17 heavy (non-hydrogen) atoms. The van der Waals surface area contributed by atoms with Crippen molar-refractivity contribution in [2.75, 3.05) is 6.61 Å². The van der Waals surface area contributed by atoms with E-state index in [0.717, 1.165) is 22.9 Å². The maximum absolute atomic E-state index is 6.00. The highest BCUT2D eigenvalue weighted by Gasteiger charge is 2.07. The van der Waals surface area contributed by atoms with Crippen LogP contribution in [-0.4, -0.2) is 17.6 Å². The molecular formula is C13H16N2OS. The van der Waals surface area contributed by atoms with Crippen LogP contribution in [0.15, 0.2) is 35.7 Å². The Morgan fingerprint density at radius 2 is 2.12 bits per heavy atom. The predicted molar refractivity (Wildman–Crippen MR) is 70.5 cm³/mol. The van der Waals surface area contributed by atoms with Crippen molar-refractivity contribution < 1.29 is 4.74 Å². The summed E-state index contributed by atoms with van der Waals surface area (Å²) >= 11 is 1.65. The first-order chi connectivity index (χ1) is 8.24. The molecule has 1 aromatic heterocycles. The first-order valence-electron chi connectivity index (χ1n) is 5.58. The highest BCUT2D eigenvalue weighted by Crippen LogP contribution is 2.11. The maximum Gasteiger partial charge on any atom is 0.119 e. The smallest absolute Gasteiger partial charge is 0.119 e. The molecule has 1 heterocycles. The predicted octanol–water partition coefficient (Wildman–Crippen LogP) is 2.40. The fourth-order valence-corrected chi connectivity index (χ4v) is 2.18. The monoisotopic (exact) mass is 248 g/mol. The summed E-state index contributed by atoms with van der Waals surface area (Å²) in [4.78, 5) is 4.39. The Morgan fingerprint density at radius 1 is 1.35 bits per heavy atom. The van der Waals surface area contributed by atoms with E-state index in [1.165, 1.54) is 0 Å². The zero-order valence-corrected chi connectivity index (χ0v) is 10.6. The van der Waals surface area contributed by atoms with E-state index in [1.54, 1.807) is 11.3 Å². The molecule has 2 N–H and O–H groups in total. The van der Waals surface area contributed by atoms with Gasteiger partial charge < -0.3 is 10.5 Å². The first kappa shape index (κ1) is 12.1. The van der Waals surface area contributed by atoms with Crippen LogP contribution < -0.4 is 10.5 Å². The van der Waals surface area contributed by atoms with Crippen LogP contribution >= 0.6 is 11.3 Å². The maximum atomic E-state index is 6.00. The van der Waals surface area contributed by atoms with Crippen LogP contribution in [0.4, 0.5) is 0 Å². The molecule has 2 aromatic rings. The molecule has 90 valence electrons. The normalized spacial score (nSPS) is 12.4. The number of hydrogen-bond donors (Lipinski definition) is 1. The van der Waals surface area contributed by atoms with Gasteiger partial charge in [0.25, 0.3) is 0 Å². The first-order valence-corrected chi connectivity index (χ1v) is 6.46. The second-order valence-corrected chi connectivity index (χ2v) is 5.01. The summed E-state index contributed by atoms with van der Waals surface area (Å²) in [5.74, 6) is 0.859. The molecule has 2 rings (SSSR count). The summed E-state index contributed by atoms with van der Waals surface area (Å²) in [5.41, 5.74) is 7.05. The lowest BCUT2D eigenvalue weighted by Gasteiger charge is -2.11. The number of rotatable bonds is 5. The SMILES string of the molecule is Cc1nc(CC(N)COc2ccccc2)cs1. The number of nitrogens with two attached hydrogens (primary N) is 1. The van der Waals surface area contributed by atoms with Crippen molar-refractivity contribution in [3.63, 3.8) is 0 Å². The molecule has 0 spiro atoms. The van der Waals surface area contributed by atoms with Crippen molar-refractivity contribution in [2.45, 2.75) is 19.4 Å². The number of nitrogens with zero attached hydrogens (tertiary/aromatic N) is 1. The topological polar surface area (TPSA) is 48.1 Å². The minimum atomic E-state index is -0.0169. The van der Waals surface area contributed by atoms with Crippen LogP contribution in [0.5, 0.6) is 5.75 Å². The van der Waals surface area contributed by atoms with Gasteiger partial charge in [-0.25, -0.2) is 4.98 Å². The van der Waals surface area contributed by atoms with Crippen molar-refractivity contribution in [3.8, 4) is 5.75 Å². The molecular weight excluding hydrogens is 232 g/mol. The zero-order chi connectivity index (χ0) is 12.1. The van der Waals surface area contributed by atoms with Gasteiger partial charge in [0.15, 0.2) is 0 Å². The van der Waals surface area contributed by atoms with E-state index in [0.29, 0.717) is 6.61 Å². The van der Waals surface area contributed by atoms with E-state index in [9.17, 15) is 0 Å². The summed E-state index contributed by atoms with van der Waals surface area (Å²) in [6.07, 6.45) is 0.761. The lowest BCUT2D eigenvalue weighted by Crippen LogP contribution is -2.30. The molecule has 4 heteroatoms. The van der Waals surface area contributed by atoms with Crippen molar-refractivity contribution in [1.82, 2.24) is 4.98 Å². The van der Waals surface area contributed by atoms with Gasteiger partial charge in [-0.15, -0.1) is 11.3 Å². The summed E-state index contributed by atoms with van der Waals surface area (Å²) in [6, 6.07) is 9.70. The second kappa shape index (κ2) is 5.80. The molecule has 0 bridgehead atoms. The molecule has 1 atom stereocenters. The Labute approximate surface area is 105 Å². The highest BCUT2D eigenvalue weighted by molar-refractivity contribution is 7.09. The number of hydrogen-bond acceptors (Lipinski definition) is 4. The molecule has 1 unspecified atom stereocenters. The molecule has 0 aliphatic heterocycles. The minimum absolute atomic E-state index is 0.0169. The number of ether oxygens (including phenoxy) is 1. The van der Waals surface area contributed by atoms with Gasteiger partial charge >= 0.3 is 0 Å². The Morgan fingerprint density at radius 3 is 2.76 bits per heavy atom. The number of aryl methyl sites for hydroxylation is 1. The van der Waals surface area contributed by atoms with E-state index in [-0.39, 0.29) is 6.04 Å². The average molecular weight is 248 g/mol. The quantitative estimate of drug-likeness (QED) is 0.884. The standard InChI is InChI=1S/C13H16N2OS/c1-10-15-12(9-17-10)7-11(14)8-16-13-5-3-2-4-6-13/h2-6,9,11H,7-8,14H2,1H3. The van der Waals surface area contributed by atoms with Gasteiger partial charge in [0.05, 0.1) is 10.7 Å². The van der Waals surface area contributed by atoms with E-state index in [2.05, 4.69) is 10.4 Å².